The average Bonchev–Trinajstić information content (AvgIpc) is 2.76. The predicted molar refractivity (Wildman–Crippen MR) is 63.7 cm³/mol. The molecule has 0 aliphatic carbocycles. The molecule has 0 spiro atoms. The second kappa shape index (κ2) is 5.33. The molecular weight excluding hydrogens is 220 g/mol. The summed E-state index contributed by atoms with van der Waals surface area (Å²) in [7, 11) is 1.75. The lowest BCUT2D eigenvalue weighted by atomic mass is 10.0. The Labute approximate surface area is 102 Å². The number of carbonyl (C=O) groups excluding carboxylic acids is 1. The van der Waals surface area contributed by atoms with Gasteiger partial charge in [-0.05, 0) is 32.2 Å². The highest BCUT2D eigenvalue weighted by Crippen LogP contribution is 2.18. The zero-order valence-electron chi connectivity index (χ0n) is 10.4. The lowest BCUT2D eigenvalue weighted by Crippen LogP contribution is -2.49. The van der Waals surface area contributed by atoms with E-state index in [0.29, 0.717) is 26.1 Å². The van der Waals surface area contributed by atoms with Crippen molar-refractivity contribution in [3.05, 3.63) is 0 Å². The van der Waals surface area contributed by atoms with Crippen LogP contribution < -0.4 is 5.32 Å². The van der Waals surface area contributed by atoms with Crippen LogP contribution in [0.15, 0.2) is 0 Å². The molecule has 98 valence electrons. The normalized spacial score (nSPS) is 33.6. The summed E-state index contributed by atoms with van der Waals surface area (Å²) in [5.74, 6) is 0.00465. The van der Waals surface area contributed by atoms with Crippen LogP contribution in [-0.4, -0.2) is 60.9 Å². The number of amides is 1. The second-order valence-electron chi connectivity index (χ2n) is 5.20. The van der Waals surface area contributed by atoms with Crippen LogP contribution in [0.5, 0.6) is 0 Å². The number of nitrogens with one attached hydrogen (secondary N) is 1. The van der Waals surface area contributed by atoms with E-state index in [1.807, 2.05) is 0 Å². The van der Waals surface area contributed by atoms with Crippen molar-refractivity contribution in [1.29, 1.82) is 0 Å². The molecule has 2 atom stereocenters. The minimum atomic E-state index is -0.765. The van der Waals surface area contributed by atoms with Gasteiger partial charge in [0, 0.05) is 20.2 Å². The first-order valence-electron chi connectivity index (χ1n) is 6.40. The number of hydrogen-bond donors (Lipinski definition) is 2. The number of hydrogen-bond acceptors (Lipinski definition) is 4. The van der Waals surface area contributed by atoms with E-state index in [9.17, 15) is 9.90 Å². The van der Waals surface area contributed by atoms with Crippen molar-refractivity contribution in [2.24, 2.45) is 0 Å². The molecule has 0 aromatic carbocycles. The number of carbonyl (C=O) groups is 1. The molecule has 2 unspecified atom stereocenters. The Bertz CT molecular complexity index is 271. The molecule has 5 nitrogen and oxygen atoms in total. The van der Waals surface area contributed by atoms with Gasteiger partial charge in [0.05, 0.1) is 12.1 Å². The molecule has 2 aliphatic heterocycles. The number of rotatable bonds is 3. The summed E-state index contributed by atoms with van der Waals surface area (Å²) < 4.78 is 5.47. The van der Waals surface area contributed by atoms with Gasteiger partial charge in [-0.15, -0.1) is 0 Å². The van der Waals surface area contributed by atoms with Crippen molar-refractivity contribution in [2.75, 3.05) is 33.3 Å². The third kappa shape index (κ3) is 3.18. The molecule has 0 saturated carbocycles. The third-order valence-corrected chi connectivity index (χ3v) is 3.58. The minimum absolute atomic E-state index is 0.00465. The largest absolute Gasteiger partial charge is 0.387 e. The Morgan fingerprint density at radius 2 is 2.41 bits per heavy atom. The van der Waals surface area contributed by atoms with Gasteiger partial charge in [0.2, 0.25) is 0 Å². The molecule has 2 aliphatic rings. The highest BCUT2D eigenvalue weighted by Gasteiger charge is 2.35. The molecule has 0 bridgehead atoms. The first-order valence-corrected chi connectivity index (χ1v) is 6.40. The molecule has 2 saturated heterocycles. The molecule has 2 heterocycles. The van der Waals surface area contributed by atoms with Crippen LogP contribution in [0.4, 0.5) is 0 Å². The Kier molecular flexibility index (Phi) is 4.01. The van der Waals surface area contributed by atoms with E-state index in [1.165, 1.54) is 0 Å². The summed E-state index contributed by atoms with van der Waals surface area (Å²) in [6.07, 6.45) is 3.31. The number of ether oxygens (including phenoxy) is 1. The van der Waals surface area contributed by atoms with Gasteiger partial charge in [-0.2, -0.15) is 0 Å². The quantitative estimate of drug-likeness (QED) is 0.716. The SMILES string of the molecule is CN(CC1(O)CCNC1)C(=O)C1CCCCO1. The first kappa shape index (κ1) is 12.8. The third-order valence-electron chi connectivity index (χ3n) is 3.58. The van der Waals surface area contributed by atoms with Crippen molar-refractivity contribution in [3.8, 4) is 0 Å². The van der Waals surface area contributed by atoms with E-state index >= 15 is 0 Å². The van der Waals surface area contributed by atoms with Gasteiger partial charge in [-0.3, -0.25) is 4.79 Å². The molecule has 0 aromatic heterocycles. The lowest BCUT2D eigenvalue weighted by Gasteiger charge is -2.31. The van der Waals surface area contributed by atoms with E-state index < -0.39 is 5.60 Å². The lowest BCUT2D eigenvalue weighted by molar-refractivity contribution is -0.147. The topological polar surface area (TPSA) is 61.8 Å². The maximum absolute atomic E-state index is 12.1. The van der Waals surface area contributed by atoms with Gasteiger partial charge < -0.3 is 20.1 Å². The molecule has 17 heavy (non-hydrogen) atoms. The van der Waals surface area contributed by atoms with E-state index in [1.54, 1.807) is 11.9 Å². The molecule has 2 N–H and O–H groups in total. The smallest absolute Gasteiger partial charge is 0.251 e. The van der Waals surface area contributed by atoms with Crippen molar-refractivity contribution >= 4 is 5.91 Å². The van der Waals surface area contributed by atoms with E-state index in [4.69, 9.17) is 4.74 Å². The summed E-state index contributed by atoms with van der Waals surface area (Å²) in [5.41, 5.74) is -0.765. The summed E-state index contributed by atoms with van der Waals surface area (Å²) >= 11 is 0. The van der Waals surface area contributed by atoms with Crippen LogP contribution in [0.3, 0.4) is 0 Å². The minimum Gasteiger partial charge on any atom is -0.387 e. The fourth-order valence-electron chi connectivity index (χ4n) is 2.57. The van der Waals surface area contributed by atoms with E-state index in [-0.39, 0.29) is 12.0 Å². The van der Waals surface area contributed by atoms with Gasteiger partial charge in [0.15, 0.2) is 0 Å². The van der Waals surface area contributed by atoms with Crippen LogP contribution in [-0.2, 0) is 9.53 Å². The summed E-state index contributed by atoms with van der Waals surface area (Å²) in [4.78, 5) is 13.7. The van der Waals surface area contributed by atoms with Crippen LogP contribution in [0.2, 0.25) is 0 Å². The van der Waals surface area contributed by atoms with Crippen molar-refractivity contribution in [3.63, 3.8) is 0 Å². The summed E-state index contributed by atoms with van der Waals surface area (Å²) in [5, 5.41) is 13.3. The summed E-state index contributed by atoms with van der Waals surface area (Å²) in [6.45, 7) is 2.45. The number of nitrogens with zero attached hydrogens (tertiary/aromatic N) is 1. The fraction of sp³-hybridized carbons (Fsp3) is 0.917. The Balaban J connectivity index is 1.85. The zero-order chi connectivity index (χ0) is 12.3. The summed E-state index contributed by atoms with van der Waals surface area (Å²) in [6, 6.07) is 0. The molecule has 0 aromatic rings. The fourth-order valence-corrected chi connectivity index (χ4v) is 2.57. The van der Waals surface area contributed by atoms with Crippen LogP contribution in [0.25, 0.3) is 0 Å². The van der Waals surface area contributed by atoms with Crippen LogP contribution in [0.1, 0.15) is 25.7 Å². The Morgan fingerprint density at radius 1 is 1.59 bits per heavy atom. The van der Waals surface area contributed by atoms with Crippen LogP contribution in [0, 0.1) is 0 Å². The maximum atomic E-state index is 12.1. The number of aliphatic hydroxyl groups is 1. The molecule has 0 radical (unpaired) electrons. The zero-order valence-corrected chi connectivity index (χ0v) is 10.4. The highest BCUT2D eigenvalue weighted by molar-refractivity contribution is 5.80. The van der Waals surface area contributed by atoms with E-state index in [0.717, 1.165) is 25.8 Å². The average molecular weight is 242 g/mol. The predicted octanol–water partition coefficient (Wildman–Crippen LogP) is -0.262. The van der Waals surface area contributed by atoms with Crippen molar-refractivity contribution < 1.29 is 14.6 Å². The van der Waals surface area contributed by atoms with Crippen molar-refractivity contribution in [2.45, 2.75) is 37.4 Å². The van der Waals surface area contributed by atoms with Crippen LogP contribution >= 0.6 is 0 Å². The molecule has 2 rings (SSSR count). The Morgan fingerprint density at radius 3 is 3.00 bits per heavy atom. The molecule has 2 fully saturated rings. The maximum Gasteiger partial charge on any atom is 0.251 e. The second-order valence-corrected chi connectivity index (χ2v) is 5.20. The van der Waals surface area contributed by atoms with Gasteiger partial charge in [0.1, 0.15) is 6.10 Å². The van der Waals surface area contributed by atoms with Gasteiger partial charge in [0.25, 0.3) is 5.91 Å². The van der Waals surface area contributed by atoms with E-state index in [2.05, 4.69) is 5.32 Å². The number of likely N-dealkylation sites (N-methyl/N-ethyl adjacent to an activating group) is 1. The molecule has 5 heteroatoms. The van der Waals surface area contributed by atoms with Gasteiger partial charge >= 0.3 is 0 Å². The first-order chi connectivity index (χ1) is 8.11. The Hall–Kier alpha value is -0.650. The molecule has 1 amide bonds. The highest BCUT2D eigenvalue weighted by atomic mass is 16.5. The number of β-amino-alcohol motifs (C(OH)–C–C–N with tert-alkyl or cyclic N) is 1. The monoisotopic (exact) mass is 242 g/mol. The van der Waals surface area contributed by atoms with Gasteiger partial charge in [-0.25, -0.2) is 0 Å². The molecular formula is C12H22N2O3. The van der Waals surface area contributed by atoms with Gasteiger partial charge in [-0.1, -0.05) is 0 Å². The standard InChI is InChI=1S/C12H22N2O3/c1-14(9-12(16)5-6-13-8-12)11(15)10-4-2-3-7-17-10/h10,13,16H,2-9H2,1H3. The van der Waals surface area contributed by atoms with Crippen molar-refractivity contribution in [1.82, 2.24) is 10.2 Å².